The van der Waals surface area contributed by atoms with Gasteiger partial charge >= 0.3 is 5.97 Å². The molecule has 1 rings (SSSR count). The van der Waals surface area contributed by atoms with Crippen LogP contribution < -0.4 is 0 Å². The third kappa shape index (κ3) is 3.21. The van der Waals surface area contributed by atoms with Crippen molar-refractivity contribution < 1.29 is 9.90 Å². The van der Waals surface area contributed by atoms with Crippen molar-refractivity contribution in [3.8, 4) is 0 Å². The Hall–Kier alpha value is -0.540. The molecule has 0 saturated heterocycles. The number of rotatable bonds is 4. The van der Waals surface area contributed by atoms with E-state index >= 15 is 0 Å². The van der Waals surface area contributed by atoms with Crippen molar-refractivity contribution in [3.63, 3.8) is 0 Å². The molecule has 0 aliphatic rings. The zero-order valence-corrected chi connectivity index (χ0v) is 10.8. The number of hydrogen-bond donors (Lipinski definition) is 1. The van der Waals surface area contributed by atoms with Gasteiger partial charge in [-0.05, 0) is 29.3 Å². The summed E-state index contributed by atoms with van der Waals surface area (Å²) in [6, 6.07) is 2.03. The van der Waals surface area contributed by atoms with Gasteiger partial charge in [0.15, 0.2) is 0 Å². The highest BCUT2D eigenvalue weighted by Crippen LogP contribution is 2.32. The largest absolute Gasteiger partial charge is 0.481 e. The number of carboxylic acid groups (broad SMARTS) is 1. The fourth-order valence-corrected chi connectivity index (χ4v) is 2.87. The Balaban J connectivity index is 0.00000196. The fourth-order valence-electron chi connectivity index (χ4n) is 1.61. The fraction of sp³-hybridized carbons (Fsp3) is 0.545. The van der Waals surface area contributed by atoms with Crippen LogP contribution in [0.4, 0.5) is 0 Å². The maximum absolute atomic E-state index is 11.1. The van der Waals surface area contributed by atoms with Crippen LogP contribution in [0.15, 0.2) is 11.4 Å². The first kappa shape index (κ1) is 14.5. The van der Waals surface area contributed by atoms with E-state index in [4.69, 9.17) is 5.11 Å². The zero-order chi connectivity index (χ0) is 10.7. The van der Waals surface area contributed by atoms with Gasteiger partial charge < -0.3 is 5.11 Å². The summed E-state index contributed by atoms with van der Waals surface area (Å²) in [5.74, 6) is -0.904. The second-order valence-electron chi connectivity index (χ2n) is 3.72. The second-order valence-corrected chi connectivity index (χ2v) is 4.67. The number of hydrogen-bond acceptors (Lipinski definition) is 2. The monoisotopic (exact) mass is 248 g/mol. The smallest absolute Gasteiger partial charge is 0.312 e. The molecule has 1 heterocycles. The van der Waals surface area contributed by atoms with Crippen molar-refractivity contribution in [3.05, 3.63) is 21.9 Å². The van der Waals surface area contributed by atoms with Crippen LogP contribution in [0.1, 0.15) is 37.1 Å². The second kappa shape index (κ2) is 6.13. The molecule has 1 aromatic rings. The predicted molar refractivity (Wildman–Crippen MR) is 66.2 cm³/mol. The van der Waals surface area contributed by atoms with Gasteiger partial charge in [0.25, 0.3) is 0 Å². The molecule has 1 N–H and O–H groups in total. The van der Waals surface area contributed by atoms with Crippen molar-refractivity contribution in [2.75, 3.05) is 0 Å². The molecule has 4 heteroatoms. The molecule has 0 aliphatic heterocycles. The van der Waals surface area contributed by atoms with Gasteiger partial charge in [0, 0.05) is 4.88 Å². The minimum atomic E-state index is -0.711. The molecule has 1 unspecified atom stereocenters. The third-order valence-corrected chi connectivity index (χ3v) is 3.42. The lowest BCUT2D eigenvalue weighted by Crippen LogP contribution is -2.17. The molecule has 0 aliphatic carbocycles. The molecule has 0 bridgehead atoms. The van der Waals surface area contributed by atoms with Gasteiger partial charge in [-0.3, -0.25) is 4.79 Å². The number of thiophene rings is 1. The Morgan fingerprint density at radius 3 is 2.53 bits per heavy atom. The van der Waals surface area contributed by atoms with E-state index in [0.29, 0.717) is 0 Å². The number of carbonyl (C=O) groups is 1. The SMILES string of the molecule is CCc1ccsc1C(C(=O)O)C(C)C.Cl. The van der Waals surface area contributed by atoms with Crippen LogP contribution in [0.25, 0.3) is 0 Å². The van der Waals surface area contributed by atoms with Crippen LogP contribution in [-0.4, -0.2) is 11.1 Å². The van der Waals surface area contributed by atoms with Crippen LogP contribution in [0.5, 0.6) is 0 Å². The predicted octanol–water partition coefficient (Wildman–Crippen LogP) is 3.56. The highest BCUT2D eigenvalue weighted by atomic mass is 35.5. The molecule has 2 nitrogen and oxygen atoms in total. The quantitative estimate of drug-likeness (QED) is 0.885. The van der Waals surface area contributed by atoms with Gasteiger partial charge in [-0.25, -0.2) is 0 Å². The van der Waals surface area contributed by atoms with Gasteiger partial charge in [-0.15, -0.1) is 23.7 Å². The van der Waals surface area contributed by atoms with E-state index in [0.717, 1.165) is 11.3 Å². The Labute approximate surface area is 101 Å². The zero-order valence-electron chi connectivity index (χ0n) is 9.19. The van der Waals surface area contributed by atoms with E-state index in [-0.39, 0.29) is 24.2 Å². The van der Waals surface area contributed by atoms with Crippen LogP contribution in [0, 0.1) is 5.92 Å². The first-order chi connectivity index (χ1) is 6.57. The standard InChI is InChI=1S/C11H16O2S.ClH/c1-4-8-5-6-14-10(8)9(7(2)3)11(12)13;/h5-7,9H,4H2,1-3H3,(H,12,13);1H. The molecule has 86 valence electrons. The number of carboxylic acids is 1. The molecule has 1 aromatic heterocycles. The van der Waals surface area contributed by atoms with Gasteiger partial charge in [0.1, 0.15) is 0 Å². The molecular weight excluding hydrogens is 232 g/mol. The van der Waals surface area contributed by atoms with Crippen molar-refractivity contribution in [2.45, 2.75) is 33.1 Å². The van der Waals surface area contributed by atoms with Crippen molar-refractivity contribution in [2.24, 2.45) is 5.92 Å². The van der Waals surface area contributed by atoms with E-state index < -0.39 is 5.97 Å². The number of aliphatic carboxylic acids is 1. The Bertz CT molecular complexity index is 320. The van der Waals surface area contributed by atoms with Gasteiger partial charge in [-0.1, -0.05) is 20.8 Å². The summed E-state index contributed by atoms with van der Waals surface area (Å²) in [4.78, 5) is 12.1. The van der Waals surface area contributed by atoms with E-state index in [1.54, 1.807) is 11.3 Å². The molecule has 0 radical (unpaired) electrons. The summed E-state index contributed by atoms with van der Waals surface area (Å²) in [5, 5.41) is 11.1. The molecule has 0 amide bonds. The molecule has 1 atom stereocenters. The lowest BCUT2D eigenvalue weighted by molar-refractivity contribution is -0.139. The molecule has 0 saturated carbocycles. The lowest BCUT2D eigenvalue weighted by atomic mass is 9.92. The third-order valence-electron chi connectivity index (χ3n) is 2.38. The van der Waals surface area contributed by atoms with Crippen LogP contribution in [0.2, 0.25) is 0 Å². The minimum Gasteiger partial charge on any atom is -0.481 e. The van der Waals surface area contributed by atoms with Crippen LogP contribution in [0.3, 0.4) is 0 Å². The number of halogens is 1. The van der Waals surface area contributed by atoms with Crippen LogP contribution in [-0.2, 0) is 11.2 Å². The van der Waals surface area contributed by atoms with E-state index in [1.165, 1.54) is 5.56 Å². The van der Waals surface area contributed by atoms with Crippen molar-refractivity contribution in [1.29, 1.82) is 0 Å². The Kier molecular flexibility index (Phi) is 5.91. The average Bonchev–Trinajstić information content (AvgIpc) is 2.51. The molecule has 0 fully saturated rings. The Morgan fingerprint density at radius 1 is 1.53 bits per heavy atom. The molecular formula is C11H17ClO2S. The summed E-state index contributed by atoms with van der Waals surface area (Å²) in [6.45, 7) is 5.97. The first-order valence-corrected chi connectivity index (χ1v) is 5.75. The summed E-state index contributed by atoms with van der Waals surface area (Å²) in [6.07, 6.45) is 0.912. The molecule has 15 heavy (non-hydrogen) atoms. The van der Waals surface area contributed by atoms with Crippen LogP contribution >= 0.6 is 23.7 Å². The molecule has 0 spiro atoms. The Morgan fingerprint density at radius 2 is 2.13 bits per heavy atom. The summed E-state index contributed by atoms with van der Waals surface area (Å²) in [5.41, 5.74) is 1.18. The van der Waals surface area contributed by atoms with E-state index in [2.05, 4.69) is 6.92 Å². The van der Waals surface area contributed by atoms with E-state index in [9.17, 15) is 4.79 Å². The maximum Gasteiger partial charge on any atom is 0.312 e. The van der Waals surface area contributed by atoms with Gasteiger partial charge in [0.2, 0.25) is 0 Å². The van der Waals surface area contributed by atoms with E-state index in [1.807, 2.05) is 25.3 Å². The summed E-state index contributed by atoms with van der Waals surface area (Å²) >= 11 is 1.56. The highest BCUT2D eigenvalue weighted by molar-refractivity contribution is 7.10. The lowest BCUT2D eigenvalue weighted by Gasteiger charge is -2.16. The maximum atomic E-state index is 11.1. The normalized spacial score (nSPS) is 12.3. The first-order valence-electron chi connectivity index (χ1n) is 4.87. The summed E-state index contributed by atoms with van der Waals surface area (Å²) < 4.78 is 0. The topological polar surface area (TPSA) is 37.3 Å². The van der Waals surface area contributed by atoms with Gasteiger partial charge in [-0.2, -0.15) is 0 Å². The van der Waals surface area contributed by atoms with Crippen molar-refractivity contribution in [1.82, 2.24) is 0 Å². The minimum absolute atomic E-state index is 0. The average molecular weight is 249 g/mol. The summed E-state index contributed by atoms with van der Waals surface area (Å²) in [7, 11) is 0. The van der Waals surface area contributed by atoms with Crippen molar-refractivity contribution >= 4 is 29.7 Å². The highest BCUT2D eigenvalue weighted by Gasteiger charge is 2.26. The van der Waals surface area contributed by atoms with Gasteiger partial charge in [0.05, 0.1) is 5.92 Å². The molecule has 0 aromatic carbocycles. The number of aryl methyl sites for hydroxylation is 1.